The second-order valence-corrected chi connectivity index (χ2v) is 17.1. The van der Waals surface area contributed by atoms with E-state index in [4.69, 9.17) is 20.9 Å². The van der Waals surface area contributed by atoms with E-state index >= 15 is 0 Å². The second-order valence-electron chi connectivity index (χ2n) is 17.1. The van der Waals surface area contributed by atoms with Gasteiger partial charge in [-0.05, 0) is 80.5 Å². The number of esters is 1. The molecule has 1 unspecified atom stereocenters. The number of methoxy groups -OCH3 is 1. The summed E-state index contributed by atoms with van der Waals surface area (Å²) in [5, 5.41) is 29.1. The lowest BCUT2D eigenvalue weighted by Crippen LogP contribution is -2.53. The molecule has 0 spiro atoms. The molecule has 6 atom stereocenters. The summed E-state index contributed by atoms with van der Waals surface area (Å²) in [6, 6.07) is 11.0. The number of carbonyl (C=O) groups is 7. The van der Waals surface area contributed by atoms with Crippen LogP contribution in [0.2, 0.25) is 0 Å². The van der Waals surface area contributed by atoms with E-state index in [0.29, 0.717) is 19.3 Å². The third-order valence-electron chi connectivity index (χ3n) is 12.4. The number of nitrogens with zero attached hydrogens (tertiary/aromatic N) is 3. The predicted molar refractivity (Wildman–Crippen MR) is 238 cm³/mol. The van der Waals surface area contributed by atoms with Crippen molar-refractivity contribution in [2.45, 2.75) is 127 Å². The van der Waals surface area contributed by atoms with Crippen LogP contribution in [-0.4, -0.2) is 114 Å². The summed E-state index contributed by atoms with van der Waals surface area (Å²) in [5.74, 6) is -6.45. The number of unbranched alkanes of at least 4 members (excludes halogenated alkanes) is 1. The number of hydrogen-bond donors (Lipinski definition) is 5. The lowest BCUT2D eigenvalue weighted by Gasteiger charge is -2.29. The molecule has 18 heteroatoms. The van der Waals surface area contributed by atoms with Gasteiger partial charge < -0.3 is 51.5 Å². The van der Waals surface area contributed by atoms with Gasteiger partial charge in [0, 0.05) is 44.4 Å². The minimum atomic E-state index is -1.34. The molecule has 2 heterocycles. The van der Waals surface area contributed by atoms with Crippen LogP contribution in [0.1, 0.15) is 114 Å². The molecular weight excluding hydrogens is 839 g/mol. The predicted octanol–water partition coefficient (Wildman–Crippen LogP) is 2.48. The zero-order chi connectivity index (χ0) is 47.0. The highest BCUT2D eigenvalue weighted by Crippen LogP contribution is 2.44. The Balaban J connectivity index is 1.40. The molecule has 0 saturated carbocycles. The third-order valence-corrected chi connectivity index (χ3v) is 12.4. The van der Waals surface area contributed by atoms with E-state index in [2.05, 4.69) is 20.6 Å². The molecular formula is C47H62N7O11-. The maximum absolute atomic E-state index is 14.4. The average molecular weight is 901 g/mol. The molecule has 2 saturated heterocycles. The van der Waals surface area contributed by atoms with Crippen molar-refractivity contribution < 1.29 is 53.2 Å². The first-order chi connectivity index (χ1) is 31.2. The first kappa shape index (κ1) is 49.7. The van der Waals surface area contributed by atoms with Gasteiger partial charge in [-0.1, -0.05) is 74.2 Å². The van der Waals surface area contributed by atoms with Crippen molar-refractivity contribution in [3.05, 3.63) is 59.7 Å². The van der Waals surface area contributed by atoms with Gasteiger partial charge in [-0.3, -0.25) is 34.0 Å². The number of rotatable bonds is 16. The van der Waals surface area contributed by atoms with Crippen molar-refractivity contribution >= 4 is 53.3 Å². The lowest BCUT2D eigenvalue weighted by atomic mass is 9.90. The Morgan fingerprint density at radius 1 is 0.892 bits per heavy atom. The summed E-state index contributed by atoms with van der Waals surface area (Å²) < 4.78 is 10.6. The van der Waals surface area contributed by atoms with Crippen LogP contribution < -0.4 is 27.2 Å². The second kappa shape index (κ2) is 24.1. The number of amides is 3. The Morgan fingerprint density at radius 3 is 2.22 bits per heavy atom. The van der Waals surface area contributed by atoms with Gasteiger partial charge in [-0.25, -0.2) is 4.79 Å². The van der Waals surface area contributed by atoms with E-state index in [1.54, 1.807) is 0 Å². The fraction of sp³-hybridized carbons (Fsp3) is 0.553. The first-order valence-electron chi connectivity index (χ1n) is 22.5. The highest BCUT2D eigenvalue weighted by Gasteiger charge is 2.39. The highest BCUT2D eigenvalue weighted by molar-refractivity contribution is 5.96. The fourth-order valence-corrected chi connectivity index (χ4v) is 9.12. The van der Waals surface area contributed by atoms with Crippen molar-refractivity contribution in [1.82, 2.24) is 15.5 Å². The summed E-state index contributed by atoms with van der Waals surface area (Å²) in [7, 11) is 1.24. The number of Topliss-reactive ketones (excluding diaryl/α,β-unsaturated/α-hetero) is 2. The number of ketones is 2. The average Bonchev–Trinajstić information content (AvgIpc) is 3.90. The van der Waals surface area contributed by atoms with Crippen LogP contribution in [-0.2, 0) is 43.0 Å². The highest BCUT2D eigenvalue weighted by atomic mass is 16.6. The largest absolute Gasteiger partial charge is 0.599 e. The van der Waals surface area contributed by atoms with Crippen LogP contribution in [0.4, 0.5) is 0 Å². The number of carboxylic acids is 1. The zero-order valence-corrected chi connectivity index (χ0v) is 37.2. The van der Waals surface area contributed by atoms with E-state index in [0.717, 1.165) is 22.3 Å². The van der Waals surface area contributed by atoms with Gasteiger partial charge in [0.05, 0.1) is 19.1 Å². The molecule has 0 bridgehead atoms. The van der Waals surface area contributed by atoms with E-state index in [1.807, 2.05) is 48.5 Å². The van der Waals surface area contributed by atoms with Crippen molar-refractivity contribution in [1.29, 1.82) is 0 Å². The smallest absolute Gasteiger partial charge is 0.326 e. The zero-order valence-electron chi connectivity index (χ0n) is 37.2. The number of guanidine groups is 1. The summed E-state index contributed by atoms with van der Waals surface area (Å²) >= 11 is 0. The van der Waals surface area contributed by atoms with Crippen LogP contribution in [0, 0.1) is 11.8 Å². The molecule has 3 aliphatic rings. The molecule has 3 amide bonds. The molecule has 0 radical (unpaired) electrons. The Kier molecular flexibility index (Phi) is 18.4. The first-order valence-corrected chi connectivity index (χ1v) is 22.5. The van der Waals surface area contributed by atoms with Gasteiger partial charge in [0.1, 0.15) is 30.0 Å². The minimum absolute atomic E-state index is 0.0140. The maximum atomic E-state index is 14.4. The van der Waals surface area contributed by atoms with E-state index in [-0.39, 0.29) is 108 Å². The number of hydrogen-bond acceptors (Lipinski definition) is 12. The molecule has 18 nitrogen and oxygen atoms in total. The van der Waals surface area contributed by atoms with Gasteiger partial charge in [0.25, 0.3) is 0 Å². The molecule has 1 aliphatic carbocycles. The third kappa shape index (κ3) is 13.8. The number of fused-ring (bicyclic) bond motifs is 4. The van der Waals surface area contributed by atoms with Gasteiger partial charge in [-0.15, -0.1) is 0 Å². The van der Waals surface area contributed by atoms with Crippen molar-refractivity contribution in [2.75, 3.05) is 26.8 Å². The van der Waals surface area contributed by atoms with Crippen molar-refractivity contribution in [2.24, 2.45) is 33.3 Å². The Hall–Kier alpha value is -6.33. The number of benzene rings is 2. The van der Waals surface area contributed by atoms with Crippen LogP contribution in [0.15, 0.2) is 58.5 Å². The Morgan fingerprint density at radius 2 is 1.57 bits per heavy atom. The number of aliphatic imine (C=N–C) groups is 2. The number of aliphatic carboxylic acids is 1. The number of carboxylic acid groups (broad SMARTS) is 1. The fourth-order valence-electron chi connectivity index (χ4n) is 9.12. The van der Waals surface area contributed by atoms with Crippen molar-refractivity contribution in [3.8, 4) is 11.1 Å². The number of ether oxygens (including phenoxy) is 2. The topological polar surface area (TPSA) is 285 Å². The van der Waals surface area contributed by atoms with Crippen LogP contribution >= 0.6 is 0 Å². The SMILES string of the molecule is COC(=O)[C@H](CCCC[C@@H]1NC(=O)C2CCCN2C(=O)[C@@H](N=C([O-])OCC2c3ccccc3-c3ccccc32)CCCC[C@@H](C(=O)O)NC(=O)[C@H](CCCN=C(N)N)CC1=O)CC(C)=O. The Bertz CT molecular complexity index is 2060. The number of nitrogens with two attached hydrogens (primary N) is 2. The van der Waals surface area contributed by atoms with E-state index < -0.39 is 77.5 Å². The Labute approximate surface area is 379 Å². The summed E-state index contributed by atoms with van der Waals surface area (Å²) in [4.78, 5) is 103. The molecule has 352 valence electrons. The molecule has 2 aliphatic heterocycles. The van der Waals surface area contributed by atoms with Crippen LogP contribution in [0.3, 0.4) is 0 Å². The van der Waals surface area contributed by atoms with Gasteiger partial charge in [0.15, 0.2) is 11.7 Å². The molecule has 0 aromatic heterocycles. The standard InChI is InChI=1S/C47H63N7O11/c1-28(55)25-30(45(62)64-2)13-3-8-19-36-40(56)26-29(14-11-23-50-46(48)49)41(57)52-38(44(60)61)21-10-9-20-37(43(59)54-24-12-22-39(54)42(58)51-36)53-47(63)65-27-35-33-17-6-4-15-31(33)32-16-5-7-18-34(32)35/h4-7,15-18,29-30,35-39H,3,8-14,19-27H2,1-2H3,(H,51,58)(H,52,57)(H,53,63)(H,60,61)(H4,48,49,50)/p-1/t29-,30-,36+,37+,38+,39?/m1/s1. The normalized spacial score (nSPS) is 22.6. The summed E-state index contributed by atoms with van der Waals surface area (Å²) in [6.07, 6.45) is 1.40. The number of carbonyl (C=O) groups excluding carboxylic acids is 6. The molecule has 5 rings (SSSR count). The molecule has 2 fully saturated rings. The molecule has 7 N–H and O–H groups in total. The summed E-state index contributed by atoms with van der Waals surface area (Å²) in [5.41, 5.74) is 15.0. The monoisotopic (exact) mass is 900 g/mol. The van der Waals surface area contributed by atoms with Crippen LogP contribution in [0.5, 0.6) is 0 Å². The quantitative estimate of drug-likeness (QED) is 0.0702. The van der Waals surface area contributed by atoms with E-state index in [9.17, 15) is 43.8 Å². The molecule has 2 aromatic carbocycles. The van der Waals surface area contributed by atoms with Gasteiger partial charge in [-0.2, -0.15) is 0 Å². The van der Waals surface area contributed by atoms with Crippen molar-refractivity contribution in [3.63, 3.8) is 0 Å². The summed E-state index contributed by atoms with van der Waals surface area (Å²) in [6.45, 7) is 1.69. The minimum Gasteiger partial charge on any atom is -0.599 e. The molecule has 65 heavy (non-hydrogen) atoms. The van der Waals surface area contributed by atoms with E-state index in [1.165, 1.54) is 18.9 Å². The lowest BCUT2D eigenvalue weighted by molar-refractivity contribution is -0.251. The maximum Gasteiger partial charge on any atom is 0.326 e. The number of nitrogens with one attached hydrogen (secondary N) is 2. The molecule has 2 aromatic rings. The van der Waals surface area contributed by atoms with Gasteiger partial charge >= 0.3 is 11.9 Å². The van der Waals surface area contributed by atoms with Gasteiger partial charge in [0.2, 0.25) is 17.7 Å². The van der Waals surface area contributed by atoms with Crippen LogP contribution in [0.25, 0.3) is 11.1 Å².